The van der Waals surface area contributed by atoms with Gasteiger partial charge in [-0.25, -0.2) is 5.84 Å². The van der Waals surface area contributed by atoms with Crippen molar-refractivity contribution in [2.24, 2.45) is 11.8 Å². The van der Waals surface area contributed by atoms with E-state index in [2.05, 4.69) is 17.4 Å². The Hall–Kier alpha value is -0.650. The number of nitrogens with one attached hydrogen (secondary N) is 1. The van der Waals surface area contributed by atoms with Crippen molar-refractivity contribution in [1.29, 1.82) is 0 Å². The van der Waals surface area contributed by atoms with Crippen LogP contribution in [0.3, 0.4) is 0 Å². The number of unbranched alkanes of at least 4 members (excludes halogenated alkanes) is 1. The molecule has 0 aromatic carbocycles. The van der Waals surface area contributed by atoms with Crippen LogP contribution < -0.4 is 11.3 Å². The largest absolute Gasteiger partial charge is 0.380 e. The van der Waals surface area contributed by atoms with Crippen LogP contribution in [0.2, 0.25) is 0 Å². The van der Waals surface area contributed by atoms with Gasteiger partial charge < -0.3 is 9.64 Å². The van der Waals surface area contributed by atoms with Crippen molar-refractivity contribution in [2.75, 3.05) is 33.4 Å². The van der Waals surface area contributed by atoms with E-state index < -0.39 is 0 Å². The lowest BCUT2D eigenvalue weighted by molar-refractivity contribution is -0.121. The van der Waals surface area contributed by atoms with Crippen LogP contribution in [0.15, 0.2) is 0 Å². The van der Waals surface area contributed by atoms with Crippen molar-refractivity contribution in [3.8, 4) is 0 Å². The van der Waals surface area contributed by atoms with Gasteiger partial charge in [-0.15, -0.1) is 0 Å². The first-order chi connectivity index (χ1) is 8.22. The van der Waals surface area contributed by atoms with Crippen molar-refractivity contribution >= 4 is 5.91 Å². The van der Waals surface area contributed by atoms with E-state index >= 15 is 0 Å². The molecule has 1 rings (SSSR count). The topological polar surface area (TPSA) is 67.6 Å². The molecule has 0 aromatic rings. The van der Waals surface area contributed by atoms with Gasteiger partial charge in [0, 0.05) is 19.6 Å². The van der Waals surface area contributed by atoms with Crippen LogP contribution in [-0.4, -0.2) is 44.2 Å². The molecule has 0 unspecified atom stereocenters. The summed E-state index contributed by atoms with van der Waals surface area (Å²) in [6.45, 7) is 3.72. The Morgan fingerprint density at radius 1 is 1.41 bits per heavy atom. The fourth-order valence-corrected chi connectivity index (χ4v) is 1.61. The minimum absolute atomic E-state index is 0.0829. The van der Waals surface area contributed by atoms with Crippen molar-refractivity contribution in [3.05, 3.63) is 0 Å². The van der Waals surface area contributed by atoms with Crippen LogP contribution in [0.5, 0.6) is 0 Å². The normalized spacial score (nSPS) is 15.2. The second-order valence-electron chi connectivity index (χ2n) is 4.85. The van der Waals surface area contributed by atoms with Gasteiger partial charge in [-0.1, -0.05) is 0 Å². The van der Waals surface area contributed by atoms with Gasteiger partial charge >= 0.3 is 0 Å². The summed E-state index contributed by atoms with van der Waals surface area (Å²) in [6, 6.07) is 0. The van der Waals surface area contributed by atoms with Crippen molar-refractivity contribution in [2.45, 2.75) is 32.1 Å². The maximum Gasteiger partial charge on any atom is 0.233 e. The molecule has 1 aliphatic carbocycles. The summed E-state index contributed by atoms with van der Waals surface area (Å²) >= 11 is 0. The minimum Gasteiger partial charge on any atom is -0.380 e. The lowest BCUT2D eigenvalue weighted by atomic mass is 10.2. The van der Waals surface area contributed by atoms with E-state index in [0.717, 1.165) is 45.1 Å². The van der Waals surface area contributed by atoms with E-state index in [0.29, 0.717) is 6.42 Å². The maximum absolute atomic E-state index is 10.9. The highest BCUT2D eigenvalue weighted by atomic mass is 16.5. The first kappa shape index (κ1) is 14.4. The standard InChI is InChI=1S/C12H25N3O2/c1-15(7-3-2-4-12(16)14-13)8-9-17-10-11-5-6-11/h11H,2-10,13H2,1H3,(H,14,16). The first-order valence-corrected chi connectivity index (χ1v) is 6.48. The van der Waals surface area contributed by atoms with Gasteiger partial charge in [-0.3, -0.25) is 10.2 Å². The third-order valence-corrected chi connectivity index (χ3v) is 3.02. The molecule has 5 nitrogen and oxygen atoms in total. The monoisotopic (exact) mass is 243 g/mol. The molecular weight excluding hydrogens is 218 g/mol. The van der Waals surface area contributed by atoms with Crippen LogP contribution in [0, 0.1) is 5.92 Å². The van der Waals surface area contributed by atoms with Crippen LogP contribution >= 0.6 is 0 Å². The highest BCUT2D eigenvalue weighted by Crippen LogP contribution is 2.28. The van der Waals surface area contributed by atoms with Crippen LogP contribution in [-0.2, 0) is 9.53 Å². The van der Waals surface area contributed by atoms with Gasteiger partial charge in [0.2, 0.25) is 5.91 Å². The van der Waals surface area contributed by atoms with Gasteiger partial charge in [0.05, 0.1) is 6.61 Å². The minimum atomic E-state index is -0.0829. The van der Waals surface area contributed by atoms with Gasteiger partial charge in [0.1, 0.15) is 0 Å². The average Bonchev–Trinajstić information content (AvgIpc) is 3.14. The summed E-state index contributed by atoms with van der Waals surface area (Å²) in [4.78, 5) is 13.1. The molecule has 5 heteroatoms. The Morgan fingerprint density at radius 2 is 2.18 bits per heavy atom. The van der Waals surface area contributed by atoms with Crippen molar-refractivity contribution in [1.82, 2.24) is 10.3 Å². The van der Waals surface area contributed by atoms with Crippen molar-refractivity contribution in [3.63, 3.8) is 0 Å². The molecule has 17 heavy (non-hydrogen) atoms. The van der Waals surface area contributed by atoms with Crippen LogP contribution in [0.4, 0.5) is 0 Å². The average molecular weight is 243 g/mol. The predicted molar refractivity (Wildman–Crippen MR) is 67.2 cm³/mol. The molecule has 0 aromatic heterocycles. The summed E-state index contributed by atoms with van der Waals surface area (Å²) in [5.41, 5.74) is 2.14. The number of likely N-dealkylation sites (N-methyl/N-ethyl adjacent to an activating group) is 1. The third-order valence-electron chi connectivity index (χ3n) is 3.02. The number of nitrogens with two attached hydrogens (primary N) is 1. The molecule has 0 bridgehead atoms. The Morgan fingerprint density at radius 3 is 2.82 bits per heavy atom. The Kier molecular flexibility index (Phi) is 7.16. The summed E-state index contributed by atoms with van der Waals surface area (Å²) < 4.78 is 5.57. The summed E-state index contributed by atoms with van der Waals surface area (Å²) in [6.07, 6.45) is 5.11. The van der Waals surface area contributed by atoms with E-state index in [1.807, 2.05) is 0 Å². The molecule has 0 atom stereocenters. The fourth-order valence-electron chi connectivity index (χ4n) is 1.61. The zero-order chi connectivity index (χ0) is 12.5. The van der Waals surface area contributed by atoms with E-state index in [-0.39, 0.29) is 5.91 Å². The van der Waals surface area contributed by atoms with Gasteiger partial charge in [-0.05, 0) is 45.2 Å². The number of amides is 1. The Bertz CT molecular complexity index is 220. The highest BCUT2D eigenvalue weighted by Gasteiger charge is 2.20. The molecule has 0 saturated heterocycles. The Balaban J connectivity index is 1.82. The number of carbonyl (C=O) groups excluding carboxylic acids is 1. The van der Waals surface area contributed by atoms with Crippen LogP contribution in [0.1, 0.15) is 32.1 Å². The molecule has 1 fully saturated rings. The number of rotatable bonds is 10. The molecule has 100 valence electrons. The van der Waals surface area contributed by atoms with Gasteiger partial charge in [0.15, 0.2) is 0 Å². The van der Waals surface area contributed by atoms with Crippen LogP contribution in [0.25, 0.3) is 0 Å². The number of hydrogen-bond acceptors (Lipinski definition) is 4. The summed E-state index contributed by atoms with van der Waals surface area (Å²) in [5.74, 6) is 5.76. The lowest BCUT2D eigenvalue weighted by Gasteiger charge is -2.16. The summed E-state index contributed by atoms with van der Waals surface area (Å²) in [7, 11) is 2.09. The van der Waals surface area contributed by atoms with E-state index in [9.17, 15) is 4.79 Å². The molecule has 0 aliphatic heterocycles. The molecule has 1 saturated carbocycles. The number of hydrazine groups is 1. The quantitative estimate of drug-likeness (QED) is 0.254. The summed E-state index contributed by atoms with van der Waals surface area (Å²) in [5, 5.41) is 0. The molecule has 0 spiro atoms. The number of carbonyl (C=O) groups is 1. The highest BCUT2D eigenvalue weighted by molar-refractivity contribution is 5.74. The van der Waals surface area contributed by atoms with E-state index in [1.165, 1.54) is 12.8 Å². The number of nitrogens with zero attached hydrogens (tertiary/aromatic N) is 1. The molecular formula is C12H25N3O2. The van der Waals surface area contributed by atoms with E-state index in [4.69, 9.17) is 10.6 Å². The van der Waals surface area contributed by atoms with Gasteiger partial charge in [0.25, 0.3) is 0 Å². The van der Waals surface area contributed by atoms with Gasteiger partial charge in [-0.2, -0.15) is 0 Å². The fraction of sp³-hybridized carbons (Fsp3) is 0.917. The molecule has 3 N–H and O–H groups in total. The zero-order valence-corrected chi connectivity index (χ0v) is 10.8. The second kappa shape index (κ2) is 8.44. The molecule has 0 heterocycles. The molecule has 1 aliphatic rings. The lowest BCUT2D eigenvalue weighted by Crippen LogP contribution is -2.30. The Labute approximate surface area is 104 Å². The SMILES string of the molecule is CN(CCCCC(=O)NN)CCOCC1CC1. The first-order valence-electron chi connectivity index (χ1n) is 6.48. The number of ether oxygens (including phenoxy) is 1. The zero-order valence-electron chi connectivity index (χ0n) is 10.8. The van der Waals surface area contributed by atoms with Crippen molar-refractivity contribution < 1.29 is 9.53 Å². The molecule has 0 radical (unpaired) electrons. The third kappa shape index (κ3) is 8.12. The molecule has 1 amide bonds. The second-order valence-corrected chi connectivity index (χ2v) is 4.85. The maximum atomic E-state index is 10.9. The number of hydrogen-bond donors (Lipinski definition) is 2. The predicted octanol–water partition coefficient (Wildman–Crippen LogP) is 0.505. The van der Waals surface area contributed by atoms with E-state index in [1.54, 1.807) is 0 Å². The smallest absolute Gasteiger partial charge is 0.233 e.